The van der Waals surface area contributed by atoms with Gasteiger partial charge in [0.1, 0.15) is 6.54 Å². The highest BCUT2D eigenvalue weighted by Crippen LogP contribution is 2.23. The number of ether oxygens (including phenoxy) is 1. The lowest BCUT2D eigenvalue weighted by Crippen LogP contribution is -2.59. The molecule has 0 bridgehead atoms. The number of rotatable bonds is 4. The minimum atomic E-state index is -0.770. The van der Waals surface area contributed by atoms with Crippen LogP contribution in [0.4, 0.5) is 0 Å². The number of methoxy groups -OCH3 is 1. The van der Waals surface area contributed by atoms with Crippen LogP contribution in [-0.2, 0) is 9.53 Å². The van der Waals surface area contributed by atoms with Crippen molar-refractivity contribution in [2.24, 2.45) is 0 Å². The van der Waals surface area contributed by atoms with E-state index in [0.29, 0.717) is 11.1 Å². The Kier molecular flexibility index (Phi) is 6.80. The summed E-state index contributed by atoms with van der Waals surface area (Å²) in [6.07, 6.45) is 0. The Labute approximate surface area is 172 Å². The van der Waals surface area contributed by atoms with Gasteiger partial charge in [-0.25, -0.2) is 10.0 Å². The highest BCUT2D eigenvalue weighted by molar-refractivity contribution is 6.00. The van der Waals surface area contributed by atoms with Crippen LogP contribution in [0.1, 0.15) is 52.6 Å². The van der Waals surface area contributed by atoms with E-state index in [1.54, 1.807) is 36.4 Å². The summed E-state index contributed by atoms with van der Waals surface area (Å²) in [6.45, 7) is 8.83. The number of aryl methyl sites for hydroxylation is 2. The summed E-state index contributed by atoms with van der Waals surface area (Å²) in [7, 11) is 1.25. The van der Waals surface area contributed by atoms with Crippen molar-refractivity contribution in [3.8, 4) is 0 Å². The lowest BCUT2D eigenvalue weighted by molar-refractivity contribution is -0.145. The largest absolute Gasteiger partial charge is 0.468 e. The van der Waals surface area contributed by atoms with Crippen LogP contribution < -0.4 is 0 Å². The molecule has 0 atom stereocenters. The quantitative estimate of drug-likeness (QED) is 0.583. The number of hydrogen-bond donors (Lipinski definition) is 0. The second kappa shape index (κ2) is 8.90. The number of benzene rings is 2. The summed E-state index contributed by atoms with van der Waals surface area (Å²) in [5, 5.41) is 2.51. The molecular formula is C23H28N2O4. The van der Waals surface area contributed by atoms with Crippen LogP contribution in [0, 0.1) is 13.8 Å². The Morgan fingerprint density at radius 3 is 1.76 bits per heavy atom. The van der Waals surface area contributed by atoms with Gasteiger partial charge in [-0.2, -0.15) is 0 Å². The SMILES string of the molecule is COC(=O)CN(C(=O)c1cccc(C)c1)N(C(=O)c1cccc(C)c1)C(C)(C)C. The molecule has 0 unspecified atom stereocenters. The summed E-state index contributed by atoms with van der Waals surface area (Å²) in [6, 6.07) is 14.2. The van der Waals surface area contributed by atoms with Gasteiger partial charge in [-0.1, -0.05) is 35.4 Å². The van der Waals surface area contributed by atoms with Crippen LogP contribution in [0.2, 0.25) is 0 Å². The van der Waals surface area contributed by atoms with Gasteiger partial charge in [0.05, 0.1) is 12.6 Å². The number of carbonyl (C=O) groups is 3. The summed E-state index contributed by atoms with van der Waals surface area (Å²) in [5.74, 6) is -1.43. The lowest BCUT2D eigenvalue weighted by atomic mass is 10.0. The van der Waals surface area contributed by atoms with Gasteiger partial charge in [-0.3, -0.25) is 14.4 Å². The first kappa shape index (κ1) is 22.1. The zero-order valence-electron chi connectivity index (χ0n) is 17.9. The molecule has 154 valence electrons. The fourth-order valence-corrected chi connectivity index (χ4v) is 3.02. The maximum absolute atomic E-state index is 13.4. The molecule has 0 aliphatic heterocycles. The van der Waals surface area contributed by atoms with Gasteiger partial charge in [-0.15, -0.1) is 0 Å². The van der Waals surface area contributed by atoms with Crippen LogP contribution >= 0.6 is 0 Å². The topological polar surface area (TPSA) is 66.9 Å². The maximum Gasteiger partial charge on any atom is 0.327 e. The van der Waals surface area contributed by atoms with Crippen LogP contribution in [0.25, 0.3) is 0 Å². The van der Waals surface area contributed by atoms with E-state index in [2.05, 4.69) is 0 Å². The van der Waals surface area contributed by atoms with Crippen molar-refractivity contribution in [1.29, 1.82) is 0 Å². The molecule has 0 aliphatic carbocycles. The van der Waals surface area contributed by atoms with Gasteiger partial charge in [-0.05, 0) is 58.9 Å². The third-order valence-corrected chi connectivity index (χ3v) is 4.34. The third kappa shape index (κ3) is 5.44. The Morgan fingerprint density at radius 1 is 0.862 bits per heavy atom. The van der Waals surface area contributed by atoms with Crippen molar-refractivity contribution in [3.63, 3.8) is 0 Å². The molecule has 0 fully saturated rings. The molecule has 2 aromatic rings. The molecule has 0 N–H and O–H groups in total. The molecule has 0 aromatic heterocycles. The first-order valence-corrected chi connectivity index (χ1v) is 9.41. The van der Waals surface area contributed by atoms with Gasteiger partial charge in [0, 0.05) is 11.1 Å². The molecule has 2 aromatic carbocycles. The van der Waals surface area contributed by atoms with Crippen molar-refractivity contribution in [3.05, 3.63) is 70.8 Å². The number of esters is 1. The number of nitrogens with zero attached hydrogens (tertiary/aromatic N) is 2. The Morgan fingerprint density at radius 2 is 1.34 bits per heavy atom. The fourth-order valence-electron chi connectivity index (χ4n) is 3.02. The number of carbonyl (C=O) groups excluding carboxylic acids is 3. The molecule has 6 nitrogen and oxygen atoms in total. The zero-order valence-corrected chi connectivity index (χ0v) is 17.9. The first-order valence-electron chi connectivity index (χ1n) is 9.41. The minimum Gasteiger partial charge on any atom is -0.468 e. The normalized spacial score (nSPS) is 11.0. The molecule has 0 aliphatic rings. The molecule has 0 heterocycles. The highest BCUT2D eigenvalue weighted by Gasteiger charge is 2.37. The molecule has 0 saturated heterocycles. The fraction of sp³-hybridized carbons (Fsp3) is 0.348. The van der Waals surface area contributed by atoms with Crippen LogP contribution in [0.5, 0.6) is 0 Å². The van der Waals surface area contributed by atoms with Gasteiger partial charge in [0.25, 0.3) is 11.8 Å². The van der Waals surface area contributed by atoms with Gasteiger partial charge in [0.15, 0.2) is 0 Å². The van der Waals surface area contributed by atoms with Gasteiger partial charge >= 0.3 is 5.97 Å². The van der Waals surface area contributed by atoms with Gasteiger partial charge < -0.3 is 4.74 Å². The molecule has 29 heavy (non-hydrogen) atoms. The Bertz CT molecular complexity index is 915. The van der Waals surface area contributed by atoms with E-state index in [1.807, 2.05) is 46.8 Å². The van der Waals surface area contributed by atoms with E-state index in [4.69, 9.17) is 4.74 Å². The number of hydrazine groups is 1. The summed E-state index contributed by atoms with van der Waals surface area (Å²) in [5.41, 5.74) is 1.89. The van der Waals surface area contributed by atoms with Crippen LogP contribution in [-0.4, -0.2) is 47.0 Å². The van der Waals surface area contributed by atoms with Crippen molar-refractivity contribution < 1.29 is 19.1 Å². The van der Waals surface area contributed by atoms with Crippen molar-refractivity contribution in [2.75, 3.05) is 13.7 Å². The lowest BCUT2D eigenvalue weighted by Gasteiger charge is -2.43. The van der Waals surface area contributed by atoms with Crippen molar-refractivity contribution in [1.82, 2.24) is 10.0 Å². The van der Waals surface area contributed by atoms with E-state index in [0.717, 1.165) is 11.1 Å². The number of hydrogen-bond acceptors (Lipinski definition) is 4. The van der Waals surface area contributed by atoms with E-state index >= 15 is 0 Å². The smallest absolute Gasteiger partial charge is 0.327 e. The zero-order chi connectivity index (χ0) is 21.8. The molecule has 0 spiro atoms. The predicted molar refractivity (Wildman–Crippen MR) is 111 cm³/mol. The molecule has 0 radical (unpaired) electrons. The molecule has 2 rings (SSSR count). The van der Waals surface area contributed by atoms with Gasteiger partial charge in [0.2, 0.25) is 0 Å². The Balaban J connectivity index is 2.57. The van der Waals surface area contributed by atoms with E-state index < -0.39 is 17.4 Å². The highest BCUT2D eigenvalue weighted by atomic mass is 16.5. The molecule has 6 heteroatoms. The standard InChI is InChI=1S/C23H28N2O4/c1-16-9-7-11-18(13-16)21(27)24(15-20(26)29-6)25(23(3,4)5)22(28)19-12-8-10-17(2)14-19/h7-14H,15H2,1-6H3. The summed E-state index contributed by atoms with van der Waals surface area (Å²) < 4.78 is 4.79. The average Bonchev–Trinajstić information content (AvgIpc) is 2.65. The molecule has 2 amide bonds. The average molecular weight is 396 g/mol. The molecule has 0 saturated carbocycles. The number of amides is 2. The summed E-state index contributed by atoms with van der Waals surface area (Å²) >= 11 is 0. The van der Waals surface area contributed by atoms with Crippen molar-refractivity contribution in [2.45, 2.75) is 40.2 Å². The summed E-state index contributed by atoms with van der Waals surface area (Å²) in [4.78, 5) is 38.9. The predicted octanol–water partition coefficient (Wildman–Crippen LogP) is 3.77. The van der Waals surface area contributed by atoms with E-state index in [-0.39, 0.29) is 12.5 Å². The molecular weight excluding hydrogens is 368 g/mol. The second-order valence-electron chi connectivity index (χ2n) is 7.97. The van der Waals surface area contributed by atoms with E-state index in [1.165, 1.54) is 17.1 Å². The minimum absolute atomic E-state index is 0.369. The maximum atomic E-state index is 13.4. The third-order valence-electron chi connectivity index (χ3n) is 4.34. The second-order valence-corrected chi connectivity index (χ2v) is 7.97. The van der Waals surface area contributed by atoms with Crippen LogP contribution in [0.3, 0.4) is 0 Å². The Hall–Kier alpha value is -3.15. The van der Waals surface area contributed by atoms with Crippen LogP contribution in [0.15, 0.2) is 48.5 Å². The monoisotopic (exact) mass is 396 g/mol. The van der Waals surface area contributed by atoms with Crippen molar-refractivity contribution >= 4 is 17.8 Å². The first-order chi connectivity index (χ1) is 13.5. The van der Waals surface area contributed by atoms with E-state index in [9.17, 15) is 14.4 Å².